The van der Waals surface area contributed by atoms with Crippen molar-refractivity contribution in [2.75, 3.05) is 0 Å². The number of hydrazine groups is 1. The number of benzene rings is 2. The van der Waals surface area contributed by atoms with Gasteiger partial charge in [-0.1, -0.05) is 42.5 Å². The van der Waals surface area contributed by atoms with E-state index >= 15 is 0 Å². The van der Waals surface area contributed by atoms with Crippen molar-refractivity contribution in [3.63, 3.8) is 0 Å². The fourth-order valence-corrected chi connectivity index (χ4v) is 1.66. The van der Waals surface area contributed by atoms with Gasteiger partial charge in [0, 0.05) is 5.56 Å². The fourth-order valence-electron chi connectivity index (χ4n) is 1.53. The Labute approximate surface area is 112 Å². The van der Waals surface area contributed by atoms with Gasteiger partial charge in [-0.3, -0.25) is 0 Å². The number of nitrogens with two attached hydrogens (primary N) is 1. The number of hydrogen-bond donors (Lipinski definition) is 2. The van der Waals surface area contributed by atoms with Gasteiger partial charge in [-0.15, -0.1) is 0 Å². The summed E-state index contributed by atoms with van der Waals surface area (Å²) in [4.78, 5) is 0.518. The van der Waals surface area contributed by atoms with Crippen LogP contribution in [-0.4, -0.2) is 4.99 Å². The number of hydrogen-bond acceptors (Lipinski definition) is 3. The molecule has 0 aliphatic rings. The van der Waals surface area contributed by atoms with Gasteiger partial charge in [0.05, 0.1) is 0 Å². The van der Waals surface area contributed by atoms with E-state index < -0.39 is 0 Å². The lowest BCUT2D eigenvalue weighted by Crippen LogP contribution is -2.28. The summed E-state index contributed by atoms with van der Waals surface area (Å²) in [6, 6.07) is 17.5. The van der Waals surface area contributed by atoms with E-state index in [0.717, 1.165) is 16.9 Å². The predicted molar refractivity (Wildman–Crippen MR) is 76.2 cm³/mol. The van der Waals surface area contributed by atoms with Crippen LogP contribution in [0.3, 0.4) is 0 Å². The van der Waals surface area contributed by atoms with Crippen LogP contribution in [0.1, 0.15) is 11.1 Å². The molecule has 0 saturated carbocycles. The predicted octanol–water partition coefficient (Wildman–Crippen LogP) is 2.40. The molecule has 4 heteroatoms. The molecular formula is C14H14N2OS. The lowest BCUT2D eigenvalue weighted by atomic mass is 10.2. The minimum atomic E-state index is 0.518. The van der Waals surface area contributed by atoms with Crippen molar-refractivity contribution in [2.24, 2.45) is 5.84 Å². The minimum Gasteiger partial charge on any atom is -0.489 e. The van der Waals surface area contributed by atoms with Gasteiger partial charge in [-0.25, -0.2) is 5.84 Å². The van der Waals surface area contributed by atoms with Gasteiger partial charge in [-0.2, -0.15) is 0 Å². The summed E-state index contributed by atoms with van der Waals surface area (Å²) >= 11 is 5.03. The van der Waals surface area contributed by atoms with Gasteiger partial charge in [0.1, 0.15) is 17.3 Å². The zero-order valence-electron chi connectivity index (χ0n) is 9.80. The molecule has 0 amide bonds. The molecule has 92 valence electrons. The van der Waals surface area contributed by atoms with Crippen molar-refractivity contribution in [2.45, 2.75) is 6.61 Å². The van der Waals surface area contributed by atoms with E-state index in [2.05, 4.69) is 5.43 Å². The highest BCUT2D eigenvalue weighted by molar-refractivity contribution is 7.80. The zero-order valence-corrected chi connectivity index (χ0v) is 10.6. The normalized spacial score (nSPS) is 9.83. The van der Waals surface area contributed by atoms with Crippen LogP contribution in [0.15, 0.2) is 54.6 Å². The Morgan fingerprint density at radius 2 is 1.72 bits per heavy atom. The van der Waals surface area contributed by atoms with Crippen LogP contribution in [0.25, 0.3) is 0 Å². The minimum absolute atomic E-state index is 0.518. The van der Waals surface area contributed by atoms with Gasteiger partial charge in [0.15, 0.2) is 0 Å². The Kier molecular flexibility index (Phi) is 4.28. The van der Waals surface area contributed by atoms with Crippen LogP contribution in [0.4, 0.5) is 0 Å². The monoisotopic (exact) mass is 258 g/mol. The van der Waals surface area contributed by atoms with Gasteiger partial charge in [-0.05, 0) is 29.8 Å². The number of rotatable bonds is 4. The van der Waals surface area contributed by atoms with Crippen LogP contribution in [-0.2, 0) is 6.61 Å². The molecular weight excluding hydrogens is 244 g/mol. The van der Waals surface area contributed by atoms with Crippen molar-refractivity contribution in [1.29, 1.82) is 0 Å². The summed E-state index contributed by atoms with van der Waals surface area (Å²) in [7, 11) is 0. The maximum atomic E-state index is 5.67. The summed E-state index contributed by atoms with van der Waals surface area (Å²) in [5.74, 6) is 6.06. The maximum absolute atomic E-state index is 5.67. The van der Waals surface area contributed by atoms with E-state index in [1.54, 1.807) is 0 Å². The molecule has 3 N–H and O–H groups in total. The maximum Gasteiger partial charge on any atom is 0.120 e. The first-order chi connectivity index (χ1) is 8.79. The number of thiocarbonyl (C=S) groups is 1. The Hall–Kier alpha value is -1.91. The van der Waals surface area contributed by atoms with Crippen LogP contribution in [0.5, 0.6) is 5.75 Å². The highest BCUT2D eigenvalue weighted by Crippen LogP contribution is 2.14. The molecule has 0 spiro atoms. The standard InChI is InChI=1S/C14H14N2OS/c15-16-14(18)12-6-8-13(9-7-12)17-10-11-4-2-1-3-5-11/h1-9H,10,15H2,(H,16,18). The summed E-state index contributed by atoms with van der Waals surface area (Å²) in [6.07, 6.45) is 0. The van der Waals surface area contributed by atoms with Crippen LogP contribution in [0.2, 0.25) is 0 Å². The number of ether oxygens (including phenoxy) is 1. The van der Waals surface area contributed by atoms with Gasteiger partial charge in [0.25, 0.3) is 0 Å². The Morgan fingerprint density at radius 1 is 1.06 bits per heavy atom. The lowest BCUT2D eigenvalue weighted by Gasteiger charge is -2.07. The molecule has 0 bridgehead atoms. The Balaban J connectivity index is 1.97. The molecule has 2 aromatic carbocycles. The first-order valence-electron chi connectivity index (χ1n) is 5.57. The lowest BCUT2D eigenvalue weighted by molar-refractivity contribution is 0.306. The van der Waals surface area contributed by atoms with E-state index in [1.807, 2.05) is 54.6 Å². The second-order valence-electron chi connectivity index (χ2n) is 3.77. The second-order valence-corrected chi connectivity index (χ2v) is 4.18. The topological polar surface area (TPSA) is 47.3 Å². The fraction of sp³-hybridized carbons (Fsp3) is 0.0714. The first kappa shape index (κ1) is 12.5. The summed E-state index contributed by atoms with van der Waals surface area (Å²) in [5, 5.41) is 0. The molecule has 2 aromatic rings. The molecule has 2 rings (SSSR count). The average molecular weight is 258 g/mol. The Morgan fingerprint density at radius 3 is 2.33 bits per heavy atom. The molecule has 0 unspecified atom stereocenters. The highest BCUT2D eigenvalue weighted by atomic mass is 32.1. The van der Waals surface area contributed by atoms with E-state index in [-0.39, 0.29) is 0 Å². The van der Waals surface area contributed by atoms with E-state index in [1.165, 1.54) is 0 Å². The Bertz CT molecular complexity index is 511. The number of nitrogens with one attached hydrogen (secondary N) is 1. The van der Waals surface area contributed by atoms with Crippen molar-refractivity contribution in [3.8, 4) is 5.75 Å². The van der Waals surface area contributed by atoms with Crippen molar-refractivity contribution < 1.29 is 4.74 Å². The zero-order chi connectivity index (χ0) is 12.8. The molecule has 0 heterocycles. The molecule has 0 radical (unpaired) electrons. The average Bonchev–Trinajstić information content (AvgIpc) is 2.46. The smallest absolute Gasteiger partial charge is 0.120 e. The van der Waals surface area contributed by atoms with Crippen molar-refractivity contribution in [3.05, 3.63) is 65.7 Å². The molecule has 3 nitrogen and oxygen atoms in total. The third-order valence-electron chi connectivity index (χ3n) is 2.50. The molecule has 0 saturated heterocycles. The van der Waals surface area contributed by atoms with Gasteiger partial charge in [0.2, 0.25) is 0 Å². The summed E-state index contributed by atoms with van der Waals surface area (Å²) in [6.45, 7) is 0.555. The van der Waals surface area contributed by atoms with Crippen molar-refractivity contribution in [1.82, 2.24) is 5.43 Å². The van der Waals surface area contributed by atoms with Gasteiger partial charge >= 0.3 is 0 Å². The second kappa shape index (κ2) is 6.14. The molecule has 0 aromatic heterocycles. The quantitative estimate of drug-likeness (QED) is 0.502. The SMILES string of the molecule is NNC(=S)c1ccc(OCc2ccccc2)cc1. The molecule has 0 aliphatic carbocycles. The van der Waals surface area contributed by atoms with Crippen molar-refractivity contribution >= 4 is 17.2 Å². The van der Waals surface area contributed by atoms with Gasteiger partial charge < -0.3 is 10.2 Å². The highest BCUT2D eigenvalue weighted by Gasteiger charge is 2.00. The van der Waals surface area contributed by atoms with Crippen LogP contribution in [0, 0.1) is 0 Å². The van der Waals surface area contributed by atoms with E-state index in [4.69, 9.17) is 22.8 Å². The van der Waals surface area contributed by atoms with E-state index in [9.17, 15) is 0 Å². The summed E-state index contributed by atoms with van der Waals surface area (Å²) in [5.41, 5.74) is 4.46. The summed E-state index contributed by atoms with van der Waals surface area (Å²) < 4.78 is 5.67. The van der Waals surface area contributed by atoms with Crippen LogP contribution < -0.4 is 16.0 Å². The molecule has 18 heavy (non-hydrogen) atoms. The molecule has 0 atom stereocenters. The first-order valence-corrected chi connectivity index (χ1v) is 5.98. The van der Waals surface area contributed by atoms with Crippen LogP contribution >= 0.6 is 12.2 Å². The third-order valence-corrected chi connectivity index (χ3v) is 2.85. The molecule has 0 fully saturated rings. The largest absolute Gasteiger partial charge is 0.489 e. The molecule has 0 aliphatic heterocycles. The third kappa shape index (κ3) is 3.29. The van der Waals surface area contributed by atoms with E-state index in [0.29, 0.717) is 11.6 Å².